The summed E-state index contributed by atoms with van der Waals surface area (Å²) >= 11 is 0. The quantitative estimate of drug-likeness (QED) is 0.580. The second kappa shape index (κ2) is 2.92. The molecule has 0 aliphatic heterocycles. The summed E-state index contributed by atoms with van der Waals surface area (Å²) < 4.78 is 1.21. The van der Waals surface area contributed by atoms with Crippen LogP contribution in [0.2, 0.25) is 0 Å². The molecule has 2 N–H and O–H groups in total. The molecule has 3 nitrogen and oxygen atoms in total. The van der Waals surface area contributed by atoms with Gasteiger partial charge in [-0.25, -0.2) is 0 Å². The Morgan fingerprint density at radius 1 is 1.07 bits per heavy atom. The zero-order valence-electron chi connectivity index (χ0n) is 8.01. The van der Waals surface area contributed by atoms with Crippen LogP contribution in [0.5, 0.6) is 0 Å². The third-order valence-corrected chi connectivity index (χ3v) is 2.56. The summed E-state index contributed by atoms with van der Waals surface area (Å²) in [5.74, 6) is 0. The topological polar surface area (TPSA) is 41.0 Å². The third kappa shape index (κ3) is 1.13. The van der Waals surface area contributed by atoms with E-state index in [1.54, 1.807) is 0 Å². The molecule has 3 heteroatoms. The highest BCUT2D eigenvalue weighted by atomic mass is 16.5. The van der Waals surface area contributed by atoms with E-state index >= 15 is 0 Å². The Hall–Kier alpha value is -2.16. The Bertz CT molecular complexity index is 593. The van der Waals surface area contributed by atoms with Gasteiger partial charge < -0.3 is 10.2 Å². The van der Waals surface area contributed by atoms with E-state index in [0.717, 1.165) is 22.3 Å². The second-order valence-electron chi connectivity index (χ2n) is 3.48. The van der Waals surface area contributed by atoms with Gasteiger partial charge in [0.05, 0.1) is 11.2 Å². The summed E-state index contributed by atoms with van der Waals surface area (Å²) in [7, 11) is 0. The second-order valence-corrected chi connectivity index (χ2v) is 3.48. The molecule has 0 saturated carbocycles. The normalized spacial score (nSPS) is 10.9. The van der Waals surface area contributed by atoms with Gasteiger partial charge in [-0.1, -0.05) is 18.2 Å². The lowest BCUT2D eigenvalue weighted by molar-refractivity contribution is 0.204. The number of hydrogen-bond acceptors (Lipinski definition) is 1. The van der Waals surface area contributed by atoms with Crippen molar-refractivity contribution in [3.63, 3.8) is 0 Å². The lowest BCUT2D eigenvalue weighted by Gasteiger charge is -1.99. The zero-order chi connectivity index (χ0) is 10.3. The number of rotatable bonds is 1. The van der Waals surface area contributed by atoms with Crippen molar-refractivity contribution >= 4 is 10.9 Å². The largest absolute Gasteiger partial charge is 0.428 e. The molecule has 0 saturated heterocycles. The van der Waals surface area contributed by atoms with Crippen molar-refractivity contribution in [2.24, 2.45) is 0 Å². The molecule has 3 aromatic rings. The van der Waals surface area contributed by atoms with Crippen molar-refractivity contribution in [1.29, 1.82) is 0 Å². The van der Waals surface area contributed by atoms with Gasteiger partial charge in [-0.15, -0.1) is 0 Å². The van der Waals surface area contributed by atoms with E-state index in [0.29, 0.717) is 0 Å². The fraction of sp³-hybridized carbons (Fsp3) is 0. The van der Waals surface area contributed by atoms with E-state index in [9.17, 15) is 5.21 Å². The molecule has 15 heavy (non-hydrogen) atoms. The van der Waals surface area contributed by atoms with Crippen LogP contribution in [0, 0.1) is 0 Å². The van der Waals surface area contributed by atoms with Crippen molar-refractivity contribution in [3.05, 3.63) is 48.7 Å². The third-order valence-electron chi connectivity index (χ3n) is 2.56. The molecule has 0 radical (unpaired) electrons. The van der Waals surface area contributed by atoms with E-state index in [2.05, 4.69) is 4.98 Å². The molecule has 0 aliphatic carbocycles. The average molecular weight is 198 g/mol. The average Bonchev–Trinajstić information content (AvgIpc) is 2.87. The number of fused-ring (bicyclic) bond motifs is 1. The molecular formula is C12H10N2O. The Morgan fingerprint density at radius 3 is 2.67 bits per heavy atom. The maximum atomic E-state index is 9.96. The van der Waals surface area contributed by atoms with Gasteiger partial charge in [0.2, 0.25) is 0 Å². The van der Waals surface area contributed by atoms with Gasteiger partial charge in [0.1, 0.15) is 5.69 Å². The zero-order valence-corrected chi connectivity index (χ0v) is 8.01. The molecule has 0 atom stereocenters. The van der Waals surface area contributed by atoms with Crippen LogP contribution in [0.3, 0.4) is 0 Å². The first kappa shape index (κ1) is 8.17. The SMILES string of the molecule is On1c(-c2ccc[nH]2)cc2ccccc21. The molecule has 2 heterocycles. The summed E-state index contributed by atoms with van der Waals surface area (Å²) in [5, 5.41) is 11.0. The van der Waals surface area contributed by atoms with Gasteiger partial charge in [0.25, 0.3) is 0 Å². The number of benzene rings is 1. The Morgan fingerprint density at radius 2 is 1.93 bits per heavy atom. The van der Waals surface area contributed by atoms with Gasteiger partial charge in [-0.3, -0.25) is 0 Å². The lowest BCUT2D eigenvalue weighted by atomic mass is 10.2. The number of nitrogens with one attached hydrogen (secondary N) is 1. The predicted octanol–water partition coefficient (Wildman–Crippen LogP) is 2.87. The molecular weight excluding hydrogens is 188 g/mol. The Labute approximate surface area is 86.5 Å². The molecule has 0 fully saturated rings. The van der Waals surface area contributed by atoms with E-state index in [1.165, 1.54) is 4.73 Å². The smallest absolute Gasteiger partial charge is 0.104 e. The molecule has 0 spiro atoms. The van der Waals surface area contributed by atoms with Crippen LogP contribution < -0.4 is 0 Å². The standard InChI is InChI=1S/C12H10N2O/c15-14-11-6-2-1-4-9(11)8-12(14)10-5-3-7-13-10/h1-8,13,15H. The first-order chi connectivity index (χ1) is 7.36. The van der Waals surface area contributed by atoms with Crippen LogP contribution >= 0.6 is 0 Å². The first-order valence-corrected chi connectivity index (χ1v) is 4.80. The van der Waals surface area contributed by atoms with Gasteiger partial charge >= 0.3 is 0 Å². The van der Waals surface area contributed by atoms with Crippen LogP contribution in [0.15, 0.2) is 48.7 Å². The summed E-state index contributed by atoms with van der Waals surface area (Å²) in [4.78, 5) is 3.07. The highest BCUT2D eigenvalue weighted by molar-refractivity contribution is 5.85. The predicted molar refractivity (Wildman–Crippen MR) is 58.9 cm³/mol. The summed E-state index contributed by atoms with van der Waals surface area (Å²) in [6.07, 6.45) is 1.84. The van der Waals surface area contributed by atoms with Crippen LogP contribution in [-0.2, 0) is 0 Å². The fourth-order valence-electron chi connectivity index (χ4n) is 1.82. The number of para-hydroxylation sites is 1. The summed E-state index contributed by atoms with van der Waals surface area (Å²) in [6, 6.07) is 13.5. The van der Waals surface area contributed by atoms with Gasteiger partial charge in [0, 0.05) is 11.6 Å². The Kier molecular flexibility index (Phi) is 1.59. The number of aromatic amines is 1. The van der Waals surface area contributed by atoms with Gasteiger partial charge in [-0.05, 0) is 24.3 Å². The molecule has 0 unspecified atom stereocenters. The molecule has 1 aromatic carbocycles. The fourth-order valence-corrected chi connectivity index (χ4v) is 1.82. The number of hydrogen-bond donors (Lipinski definition) is 2. The van der Waals surface area contributed by atoms with E-state index in [1.807, 2.05) is 48.7 Å². The minimum absolute atomic E-state index is 0.779. The molecule has 74 valence electrons. The number of nitrogens with zero attached hydrogens (tertiary/aromatic N) is 1. The molecule has 0 bridgehead atoms. The Balaban J connectivity index is 2.33. The number of H-pyrrole nitrogens is 1. The van der Waals surface area contributed by atoms with Gasteiger partial charge in [0.15, 0.2) is 0 Å². The first-order valence-electron chi connectivity index (χ1n) is 4.80. The van der Waals surface area contributed by atoms with E-state index in [4.69, 9.17) is 0 Å². The van der Waals surface area contributed by atoms with Crippen molar-refractivity contribution < 1.29 is 5.21 Å². The van der Waals surface area contributed by atoms with Crippen LogP contribution in [-0.4, -0.2) is 14.9 Å². The van der Waals surface area contributed by atoms with Crippen molar-refractivity contribution in [2.75, 3.05) is 0 Å². The van der Waals surface area contributed by atoms with Crippen LogP contribution in [0.25, 0.3) is 22.3 Å². The van der Waals surface area contributed by atoms with Crippen LogP contribution in [0.4, 0.5) is 0 Å². The van der Waals surface area contributed by atoms with Gasteiger partial charge in [-0.2, -0.15) is 4.73 Å². The highest BCUT2D eigenvalue weighted by Gasteiger charge is 2.09. The number of aromatic nitrogens is 2. The highest BCUT2D eigenvalue weighted by Crippen LogP contribution is 2.25. The van der Waals surface area contributed by atoms with Crippen molar-refractivity contribution in [2.45, 2.75) is 0 Å². The monoisotopic (exact) mass is 198 g/mol. The van der Waals surface area contributed by atoms with Crippen molar-refractivity contribution in [1.82, 2.24) is 9.71 Å². The minimum atomic E-state index is 0.779. The maximum Gasteiger partial charge on any atom is 0.104 e. The summed E-state index contributed by atoms with van der Waals surface area (Å²) in [6.45, 7) is 0. The maximum absolute atomic E-state index is 9.96. The molecule has 2 aromatic heterocycles. The van der Waals surface area contributed by atoms with Crippen molar-refractivity contribution in [3.8, 4) is 11.4 Å². The minimum Gasteiger partial charge on any atom is -0.428 e. The van der Waals surface area contributed by atoms with E-state index in [-0.39, 0.29) is 0 Å². The molecule has 3 rings (SSSR count). The molecule has 0 aliphatic rings. The summed E-state index contributed by atoms with van der Waals surface area (Å²) in [5.41, 5.74) is 2.51. The van der Waals surface area contributed by atoms with Crippen LogP contribution in [0.1, 0.15) is 0 Å². The lowest BCUT2D eigenvalue weighted by Crippen LogP contribution is -1.92. The molecule has 0 amide bonds. The van der Waals surface area contributed by atoms with E-state index < -0.39 is 0 Å².